The van der Waals surface area contributed by atoms with Gasteiger partial charge in [0.1, 0.15) is 0 Å². The molecule has 3 heteroatoms. The molecule has 3 rings (SSSR count). The molecule has 3 nitrogen and oxygen atoms in total. The molecule has 1 N–H and O–H groups in total. The monoisotopic (exact) mass is 255 g/mol. The summed E-state index contributed by atoms with van der Waals surface area (Å²) in [6.07, 6.45) is 9.19. The van der Waals surface area contributed by atoms with Crippen molar-refractivity contribution in [2.75, 3.05) is 0 Å². The molecule has 1 aliphatic carbocycles. The largest absolute Gasteiger partial charge is 0.307 e. The zero-order valence-electron chi connectivity index (χ0n) is 11.4. The summed E-state index contributed by atoms with van der Waals surface area (Å²) >= 11 is 0. The normalized spacial score (nSPS) is 17.7. The molecule has 2 aromatic rings. The molecule has 1 aromatic carbocycles. The van der Waals surface area contributed by atoms with E-state index in [4.69, 9.17) is 0 Å². The van der Waals surface area contributed by atoms with E-state index in [1.54, 1.807) is 0 Å². The van der Waals surface area contributed by atoms with Crippen LogP contribution in [0.15, 0.2) is 42.7 Å². The van der Waals surface area contributed by atoms with Crippen LogP contribution in [0.3, 0.4) is 0 Å². The van der Waals surface area contributed by atoms with E-state index in [-0.39, 0.29) is 0 Å². The Balaban J connectivity index is 1.83. The van der Waals surface area contributed by atoms with Crippen LogP contribution in [0.4, 0.5) is 0 Å². The van der Waals surface area contributed by atoms with Gasteiger partial charge in [-0.15, -0.1) is 0 Å². The maximum atomic E-state index is 4.35. The van der Waals surface area contributed by atoms with Crippen molar-refractivity contribution in [1.29, 1.82) is 0 Å². The molecule has 1 fully saturated rings. The lowest BCUT2D eigenvalue weighted by Crippen LogP contribution is -2.29. The van der Waals surface area contributed by atoms with Gasteiger partial charge >= 0.3 is 0 Å². The Bertz CT molecular complexity index is 513. The Labute approximate surface area is 114 Å². The summed E-state index contributed by atoms with van der Waals surface area (Å²) in [6, 6.07) is 11.5. The molecule has 1 heterocycles. The summed E-state index contributed by atoms with van der Waals surface area (Å²) in [5.41, 5.74) is 2.49. The highest BCUT2D eigenvalue weighted by Gasteiger charge is 2.19. The van der Waals surface area contributed by atoms with E-state index >= 15 is 0 Å². The summed E-state index contributed by atoms with van der Waals surface area (Å²) in [7, 11) is 0. The van der Waals surface area contributed by atoms with Crippen molar-refractivity contribution >= 4 is 0 Å². The average molecular weight is 255 g/mol. The molecule has 0 bridgehead atoms. The van der Waals surface area contributed by atoms with Crippen LogP contribution in [-0.4, -0.2) is 15.8 Å². The number of para-hydroxylation sites is 1. The first-order chi connectivity index (χ1) is 9.34. The summed E-state index contributed by atoms with van der Waals surface area (Å²) in [4.78, 5) is 0. The Kier molecular flexibility index (Phi) is 3.65. The number of benzene rings is 1. The number of rotatable bonds is 4. The summed E-state index contributed by atoms with van der Waals surface area (Å²) in [5.74, 6) is 0. The molecule has 1 saturated carbocycles. The molecule has 1 aromatic heterocycles. The Morgan fingerprint density at radius 3 is 2.74 bits per heavy atom. The lowest BCUT2D eigenvalue weighted by atomic mass is 10.0. The molecule has 0 aliphatic heterocycles. The van der Waals surface area contributed by atoms with Gasteiger partial charge in [0.2, 0.25) is 0 Å². The standard InChI is InChI=1S/C16H21N3/c1-13(18-14-7-2-3-8-14)15-9-4-5-10-16(15)19-12-6-11-17-19/h4-6,9-14,18H,2-3,7-8H2,1H3/t13-/m0/s1. The Hall–Kier alpha value is -1.61. The Morgan fingerprint density at radius 2 is 2.00 bits per heavy atom. The molecule has 1 atom stereocenters. The van der Waals surface area contributed by atoms with Crippen LogP contribution in [0, 0.1) is 0 Å². The minimum Gasteiger partial charge on any atom is -0.307 e. The van der Waals surface area contributed by atoms with Gasteiger partial charge in [0.15, 0.2) is 0 Å². The number of hydrogen-bond donors (Lipinski definition) is 1. The molecular formula is C16H21N3. The fourth-order valence-corrected chi connectivity index (χ4v) is 3.01. The molecule has 100 valence electrons. The van der Waals surface area contributed by atoms with Crippen LogP contribution in [0.1, 0.15) is 44.2 Å². The second-order valence-electron chi connectivity index (χ2n) is 5.38. The van der Waals surface area contributed by atoms with E-state index in [1.807, 2.05) is 23.1 Å². The van der Waals surface area contributed by atoms with Crippen LogP contribution < -0.4 is 5.32 Å². The first kappa shape index (κ1) is 12.4. The van der Waals surface area contributed by atoms with E-state index in [1.165, 1.54) is 36.9 Å². The van der Waals surface area contributed by atoms with Gasteiger partial charge in [-0.1, -0.05) is 31.0 Å². The van der Waals surface area contributed by atoms with Crippen molar-refractivity contribution in [3.63, 3.8) is 0 Å². The van der Waals surface area contributed by atoms with Crippen molar-refractivity contribution in [3.05, 3.63) is 48.3 Å². The zero-order chi connectivity index (χ0) is 13.1. The maximum absolute atomic E-state index is 4.35. The van der Waals surface area contributed by atoms with Gasteiger partial charge in [0, 0.05) is 24.5 Å². The topological polar surface area (TPSA) is 29.9 Å². The maximum Gasteiger partial charge on any atom is 0.0693 e. The number of nitrogens with zero attached hydrogens (tertiary/aromatic N) is 2. The minimum absolute atomic E-state index is 0.364. The highest BCUT2D eigenvalue weighted by Crippen LogP contribution is 2.25. The smallest absolute Gasteiger partial charge is 0.0693 e. The molecule has 0 unspecified atom stereocenters. The van der Waals surface area contributed by atoms with E-state index in [9.17, 15) is 0 Å². The van der Waals surface area contributed by atoms with E-state index in [2.05, 4.69) is 41.6 Å². The molecule has 0 spiro atoms. The van der Waals surface area contributed by atoms with E-state index in [0.29, 0.717) is 12.1 Å². The quantitative estimate of drug-likeness (QED) is 0.906. The predicted octanol–water partition coefficient (Wildman–Crippen LogP) is 3.47. The van der Waals surface area contributed by atoms with Crippen molar-refractivity contribution in [2.24, 2.45) is 0 Å². The average Bonchev–Trinajstić information content (AvgIpc) is 3.11. The van der Waals surface area contributed by atoms with Gasteiger partial charge in [0.05, 0.1) is 5.69 Å². The second kappa shape index (κ2) is 5.57. The van der Waals surface area contributed by atoms with Gasteiger partial charge in [-0.25, -0.2) is 4.68 Å². The van der Waals surface area contributed by atoms with Crippen molar-refractivity contribution in [1.82, 2.24) is 15.1 Å². The van der Waals surface area contributed by atoms with Crippen LogP contribution in [0.2, 0.25) is 0 Å². The minimum atomic E-state index is 0.364. The third-order valence-electron chi connectivity index (χ3n) is 4.00. The van der Waals surface area contributed by atoms with Crippen molar-refractivity contribution in [2.45, 2.75) is 44.7 Å². The SMILES string of the molecule is C[C@H](NC1CCCC1)c1ccccc1-n1cccn1. The second-order valence-corrected chi connectivity index (χ2v) is 5.38. The fourth-order valence-electron chi connectivity index (χ4n) is 3.01. The highest BCUT2D eigenvalue weighted by atomic mass is 15.3. The third kappa shape index (κ3) is 2.71. The molecule has 0 amide bonds. The molecule has 1 aliphatic rings. The van der Waals surface area contributed by atoms with E-state index < -0.39 is 0 Å². The van der Waals surface area contributed by atoms with Gasteiger partial charge in [-0.05, 0) is 37.5 Å². The van der Waals surface area contributed by atoms with Crippen molar-refractivity contribution < 1.29 is 0 Å². The van der Waals surface area contributed by atoms with Crippen LogP contribution >= 0.6 is 0 Å². The van der Waals surface area contributed by atoms with Crippen molar-refractivity contribution in [3.8, 4) is 5.69 Å². The summed E-state index contributed by atoms with van der Waals surface area (Å²) in [5, 5.41) is 8.11. The summed E-state index contributed by atoms with van der Waals surface area (Å²) in [6.45, 7) is 2.25. The highest BCUT2D eigenvalue weighted by molar-refractivity contribution is 5.42. The number of hydrogen-bond acceptors (Lipinski definition) is 2. The number of aromatic nitrogens is 2. The third-order valence-corrected chi connectivity index (χ3v) is 4.00. The molecule has 0 saturated heterocycles. The lowest BCUT2D eigenvalue weighted by molar-refractivity contribution is 0.460. The van der Waals surface area contributed by atoms with Crippen LogP contribution in [-0.2, 0) is 0 Å². The van der Waals surface area contributed by atoms with Gasteiger partial charge < -0.3 is 5.32 Å². The Morgan fingerprint density at radius 1 is 1.21 bits per heavy atom. The van der Waals surface area contributed by atoms with Crippen LogP contribution in [0.5, 0.6) is 0 Å². The summed E-state index contributed by atoms with van der Waals surface area (Å²) < 4.78 is 1.95. The van der Waals surface area contributed by atoms with E-state index in [0.717, 1.165) is 0 Å². The molecular weight excluding hydrogens is 234 g/mol. The first-order valence-electron chi connectivity index (χ1n) is 7.19. The van der Waals surface area contributed by atoms with Gasteiger partial charge in [-0.2, -0.15) is 5.10 Å². The first-order valence-corrected chi connectivity index (χ1v) is 7.19. The molecule has 0 radical (unpaired) electrons. The van der Waals surface area contributed by atoms with Gasteiger partial charge in [-0.3, -0.25) is 0 Å². The zero-order valence-corrected chi connectivity index (χ0v) is 11.4. The predicted molar refractivity (Wildman–Crippen MR) is 77.4 cm³/mol. The fraction of sp³-hybridized carbons (Fsp3) is 0.438. The lowest BCUT2D eigenvalue weighted by Gasteiger charge is -2.22. The van der Waals surface area contributed by atoms with Gasteiger partial charge in [0.25, 0.3) is 0 Å². The molecule has 19 heavy (non-hydrogen) atoms. The van der Waals surface area contributed by atoms with Crippen LogP contribution in [0.25, 0.3) is 5.69 Å². The number of nitrogens with one attached hydrogen (secondary N) is 1.